The zero-order chi connectivity index (χ0) is 50.8. The largest absolute Gasteiger partial charge is 0.478 e. The Kier molecular flexibility index (Phi) is 14.9. The summed E-state index contributed by atoms with van der Waals surface area (Å²) in [5, 5.41) is 5.59. The van der Waals surface area contributed by atoms with E-state index >= 15 is 0 Å². The molecule has 8 aromatic rings. The maximum absolute atomic E-state index is 12.7. The molecule has 0 aliphatic carbocycles. The fourth-order valence-electron chi connectivity index (χ4n) is 8.99. The number of hydrogen-bond acceptors (Lipinski definition) is 12. The number of imidazole rings is 2. The average molecular weight is 977 g/mol. The van der Waals surface area contributed by atoms with E-state index < -0.39 is 0 Å². The number of carbonyl (C=O) groups excluding carboxylic acids is 4. The summed E-state index contributed by atoms with van der Waals surface area (Å²) in [6.07, 6.45) is 13.0. The van der Waals surface area contributed by atoms with Crippen molar-refractivity contribution in [2.75, 3.05) is 50.0 Å². The van der Waals surface area contributed by atoms with Gasteiger partial charge in [-0.25, -0.2) is 19.9 Å². The van der Waals surface area contributed by atoms with E-state index in [1.807, 2.05) is 59.0 Å². The normalized spacial score (nSPS) is 14.9. The standard InChI is InChI=1S/C28H26N6O3.C27H26N6O3/c1-3-7-24(35)33-15-13-21(18-33)27-32-26(22-16-29-17-25(34(22)27)37-4-2)19-9-11-20(12-10-19)28(36)31-23-8-5-6-14-30-23;1-3-23(34)32-14-12-20(17-32)26-31-25(21-15-28-16-24(33(21)26)36-4-2)18-8-10-19(11-9-18)27(35)30-22-7-5-6-13-29-22/h5-6,8-12,14,16-17,21H,4,13,15,18H2,1-2H3,(H,30,31,36);3,5-11,13,15-16,20H,1,4,12,14,17H2,2H3,(H,29,30,35)/t21-;20-/m11/s1. The van der Waals surface area contributed by atoms with Crippen LogP contribution in [0.4, 0.5) is 11.6 Å². The van der Waals surface area contributed by atoms with Gasteiger partial charge in [-0.15, -0.1) is 0 Å². The van der Waals surface area contributed by atoms with Crippen LogP contribution in [0.5, 0.6) is 11.8 Å². The number of nitrogens with zero attached hydrogens (tertiary/aromatic N) is 10. The lowest BCUT2D eigenvalue weighted by molar-refractivity contribution is -0.125. The van der Waals surface area contributed by atoms with Crippen LogP contribution in [0, 0.1) is 11.8 Å². The number of likely N-dealkylation sites (tertiary alicyclic amines) is 2. The average Bonchev–Trinajstić information content (AvgIpc) is 4.26. The summed E-state index contributed by atoms with van der Waals surface area (Å²) in [5.74, 6) is 8.45. The van der Waals surface area contributed by atoms with Crippen LogP contribution in [0.15, 0.2) is 135 Å². The van der Waals surface area contributed by atoms with Crippen molar-refractivity contribution in [3.05, 3.63) is 158 Å². The van der Waals surface area contributed by atoms with Crippen LogP contribution in [0.3, 0.4) is 0 Å². The molecule has 4 amide bonds. The SMILES string of the molecule is C=CC(=O)N1CC[C@@H](c2nc(-c3ccc(C(=O)Nc4ccccn4)cc3)c3cncc(OCC)n23)C1.CC#CC(=O)N1CC[C@@H](c2nc(-c3ccc(C(=O)Nc4ccccn4)cc3)c3cncc(OCC)n23)C1. The van der Waals surface area contributed by atoms with E-state index in [1.165, 1.54) is 6.08 Å². The molecular weight excluding hydrogens is 925 g/mol. The van der Waals surface area contributed by atoms with Crippen molar-refractivity contribution in [1.82, 2.24) is 48.5 Å². The zero-order valence-electron chi connectivity index (χ0n) is 40.6. The molecule has 73 heavy (non-hydrogen) atoms. The highest BCUT2D eigenvalue weighted by Crippen LogP contribution is 2.37. The number of fused-ring (bicyclic) bond motifs is 2. The minimum atomic E-state index is -0.244. The Bertz CT molecular complexity index is 3370. The molecule has 10 rings (SSSR count). The molecular formula is C55H52N12O6. The lowest BCUT2D eigenvalue weighted by atomic mass is 10.1. The molecule has 2 fully saturated rings. The molecule has 6 aromatic heterocycles. The molecule has 18 nitrogen and oxygen atoms in total. The van der Waals surface area contributed by atoms with Crippen molar-refractivity contribution in [1.29, 1.82) is 0 Å². The van der Waals surface area contributed by atoms with Crippen molar-refractivity contribution in [2.24, 2.45) is 0 Å². The second-order valence-corrected chi connectivity index (χ2v) is 17.0. The van der Waals surface area contributed by atoms with E-state index in [2.05, 4.69) is 49.0 Å². The van der Waals surface area contributed by atoms with Gasteiger partial charge in [0.2, 0.25) is 17.7 Å². The second-order valence-electron chi connectivity index (χ2n) is 17.0. The molecule has 0 radical (unpaired) electrons. The first kappa shape index (κ1) is 48.8. The Morgan fingerprint density at radius 2 is 1.12 bits per heavy atom. The van der Waals surface area contributed by atoms with Crippen LogP contribution < -0.4 is 20.1 Å². The van der Waals surface area contributed by atoms with Crippen LogP contribution >= 0.6 is 0 Å². The third-order valence-electron chi connectivity index (χ3n) is 12.4. The van der Waals surface area contributed by atoms with E-state index in [-0.39, 0.29) is 35.5 Å². The highest BCUT2D eigenvalue weighted by molar-refractivity contribution is 6.05. The monoisotopic (exact) mass is 976 g/mol. The predicted octanol–water partition coefficient (Wildman–Crippen LogP) is 7.73. The quantitative estimate of drug-likeness (QED) is 0.0842. The van der Waals surface area contributed by atoms with Crippen molar-refractivity contribution >= 4 is 46.3 Å². The van der Waals surface area contributed by atoms with Gasteiger partial charge in [-0.05, 0) is 94.1 Å². The molecule has 2 N–H and O–H groups in total. The van der Waals surface area contributed by atoms with E-state index in [0.29, 0.717) is 73.9 Å². The molecule has 0 saturated carbocycles. The molecule has 18 heteroatoms. The molecule has 0 spiro atoms. The number of amides is 4. The summed E-state index contributed by atoms with van der Waals surface area (Å²) >= 11 is 0. The number of nitrogens with one attached hydrogen (secondary N) is 2. The lowest BCUT2D eigenvalue weighted by Crippen LogP contribution is -2.27. The van der Waals surface area contributed by atoms with E-state index in [4.69, 9.17) is 19.4 Å². The van der Waals surface area contributed by atoms with E-state index in [0.717, 1.165) is 58.0 Å². The van der Waals surface area contributed by atoms with Gasteiger partial charge in [-0.1, -0.05) is 48.9 Å². The Balaban J connectivity index is 0.000000180. The van der Waals surface area contributed by atoms with Crippen molar-refractivity contribution in [3.63, 3.8) is 0 Å². The van der Waals surface area contributed by atoms with Crippen LogP contribution in [0.1, 0.15) is 77.8 Å². The number of ether oxygens (including phenoxy) is 2. The van der Waals surface area contributed by atoms with Crippen LogP contribution in [0.25, 0.3) is 33.5 Å². The Morgan fingerprint density at radius 3 is 1.55 bits per heavy atom. The highest BCUT2D eigenvalue weighted by Gasteiger charge is 2.33. The first-order chi connectivity index (χ1) is 35.7. The van der Waals surface area contributed by atoms with E-state index in [9.17, 15) is 19.2 Å². The van der Waals surface area contributed by atoms with Crippen molar-refractivity contribution < 1.29 is 28.7 Å². The lowest BCUT2D eigenvalue weighted by Gasteiger charge is -2.14. The number of aromatic nitrogens is 8. The second kappa shape index (κ2) is 22.2. The van der Waals surface area contributed by atoms with Gasteiger partial charge in [0, 0.05) is 72.7 Å². The first-order valence-electron chi connectivity index (χ1n) is 23.9. The molecule has 0 unspecified atom stereocenters. The van der Waals surface area contributed by atoms with E-state index in [1.54, 1.807) is 102 Å². The third kappa shape index (κ3) is 10.6. The molecule has 0 bridgehead atoms. The van der Waals surface area contributed by atoms with Gasteiger partial charge in [0.15, 0.2) is 0 Å². The number of rotatable bonds is 13. The van der Waals surface area contributed by atoms with Crippen molar-refractivity contribution in [2.45, 2.75) is 45.4 Å². The van der Waals surface area contributed by atoms with Gasteiger partial charge >= 0.3 is 0 Å². The minimum absolute atomic E-state index is 0.0221. The third-order valence-corrected chi connectivity index (χ3v) is 12.4. The molecule has 2 aliphatic heterocycles. The number of anilines is 2. The fraction of sp³-hybridized carbons (Fsp3) is 0.236. The van der Waals surface area contributed by atoms with Gasteiger partial charge in [-0.3, -0.25) is 37.9 Å². The Labute approximate surface area is 421 Å². The smallest absolute Gasteiger partial charge is 0.298 e. The topological polar surface area (TPSA) is 203 Å². The summed E-state index contributed by atoms with van der Waals surface area (Å²) in [6.45, 7) is 12.4. The molecule has 2 aromatic carbocycles. The fourth-order valence-corrected chi connectivity index (χ4v) is 8.99. The number of pyridine rings is 2. The Hall–Kier alpha value is -9.24. The summed E-state index contributed by atoms with van der Waals surface area (Å²) < 4.78 is 15.7. The van der Waals surface area contributed by atoms with Gasteiger partial charge < -0.3 is 29.9 Å². The molecule has 2 aliphatic rings. The maximum Gasteiger partial charge on any atom is 0.298 e. The minimum Gasteiger partial charge on any atom is -0.478 e. The van der Waals surface area contributed by atoms with Crippen LogP contribution in [-0.4, -0.2) is 112 Å². The molecule has 2 atom stereocenters. The summed E-state index contributed by atoms with van der Waals surface area (Å²) in [4.78, 5) is 80.4. The summed E-state index contributed by atoms with van der Waals surface area (Å²) in [6, 6.07) is 25.2. The molecule has 2 saturated heterocycles. The van der Waals surface area contributed by atoms with Gasteiger partial charge in [0.05, 0.1) is 60.4 Å². The van der Waals surface area contributed by atoms with Gasteiger partial charge in [0.1, 0.15) is 23.3 Å². The van der Waals surface area contributed by atoms with Crippen LogP contribution in [-0.2, 0) is 9.59 Å². The van der Waals surface area contributed by atoms with Crippen molar-refractivity contribution in [3.8, 4) is 46.1 Å². The molecule has 368 valence electrons. The van der Waals surface area contributed by atoms with Gasteiger partial charge in [-0.2, -0.15) is 0 Å². The number of carbonyl (C=O) groups is 4. The summed E-state index contributed by atoms with van der Waals surface area (Å²) in [7, 11) is 0. The Morgan fingerprint density at radius 1 is 0.658 bits per heavy atom. The zero-order valence-corrected chi connectivity index (χ0v) is 40.6. The van der Waals surface area contributed by atoms with Crippen LogP contribution in [0.2, 0.25) is 0 Å². The highest BCUT2D eigenvalue weighted by atomic mass is 16.5. The predicted molar refractivity (Wildman–Crippen MR) is 275 cm³/mol. The number of benzene rings is 2. The maximum atomic E-state index is 12.7. The number of hydrogen-bond donors (Lipinski definition) is 2. The first-order valence-corrected chi connectivity index (χ1v) is 23.9. The van der Waals surface area contributed by atoms with Gasteiger partial charge in [0.25, 0.3) is 17.7 Å². The summed E-state index contributed by atoms with van der Waals surface area (Å²) in [5.41, 5.74) is 5.78. The molecule has 8 heterocycles.